The van der Waals surface area contributed by atoms with Gasteiger partial charge in [0.2, 0.25) is 0 Å². The summed E-state index contributed by atoms with van der Waals surface area (Å²) < 4.78 is 54.9. The summed E-state index contributed by atoms with van der Waals surface area (Å²) >= 11 is 0.194. The summed E-state index contributed by atoms with van der Waals surface area (Å²) in [5.74, 6) is -3.08. The molecule has 0 radical (unpaired) electrons. The molecule has 0 aliphatic heterocycles. The van der Waals surface area contributed by atoms with Crippen LogP contribution in [0.15, 0.2) is 58.5 Å². The van der Waals surface area contributed by atoms with E-state index in [-0.39, 0.29) is 24.5 Å². The van der Waals surface area contributed by atoms with Gasteiger partial charge in [0.25, 0.3) is 0 Å². The maximum absolute atomic E-state index is 13.7. The van der Waals surface area contributed by atoms with Crippen LogP contribution in [0.5, 0.6) is 0 Å². The Labute approximate surface area is 185 Å². The van der Waals surface area contributed by atoms with Gasteiger partial charge in [-0.3, -0.25) is 0 Å². The molecule has 30 heavy (non-hydrogen) atoms. The maximum atomic E-state index is 13.7. The van der Waals surface area contributed by atoms with Gasteiger partial charge in [-0.1, -0.05) is 12.1 Å². The summed E-state index contributed by atoms with van der Waals surface area (Å²) in [7, 11) is 9.53. The molecule has 3 rings (SSSR count). The first kappa shape index (κ1) is 24.2. The van der Waals surface area contributed by atoms with Crippen molar-refractivity contribution in [1.82, 2.24) is 4.98 Å². The second-order valence-corrected chi connectivity index (χ2v) is 7.69. The van der Waals surface area contributed by atoms with Gasteiger partial charge in [-0.05, 0) is 50.2 Å². The van der Waals surface area contributed by atoms with Gasteiger partial charge < -0.3 is 4.98 Å². The fraction of sp³-hybridized carbons (Fsp3) is 0.100. The van der Waals surface area contributed by atoms with Crippen LogP contribution < -0.4 is 0 Å². The molecule has 0 aliphatic carbocycles. The summed E-state index contributed by atoms with van der Waals surface area (Å²) in [4.78, 5) is 11.0. The molecule has 2 aromatic carbocycles. The van der Waals surface area contributed by atoms with Gasteiger partial charge in [0.15, 0.2) is 23.3 Å². The number of para-hydroxylation sites is 2. The molecule has 1 N–H and O–H groups in total. The number of nitrogens with one attached hydrogen (secondary N) is 1. The minimum atomic E-state index is -0.770. The van der Waals surface area contributed by atoms with E-state index in [2.05, 4.69) is 15.0 Å². The third-order valence-corrected chi connectivity index (χ3v) is 3.90. The van der Waals surface area contributed by atoms with Gasteiger partial charge in [0.1, 0.15) is 11.4 Å². The fourth-order valence-electron chi connectivity index (χ4n) is 2.46. The van der Waals surface area contributed by atoms with Crippen molar-refractivity contribution in [3.05, 3.63) is 83.2 Å². The normalized spacial score (nSPS) is 12.0. The molecule has 160 valence electrons. The fourth-order valence-corrected chi connectivity index (χ4v) is 2.46. The Kier molecular flexibility index (Phi) is 9.11. The predicted molar refractivity (Wildman–Crippen MR) is 109 cm³/mol. The first-order valence-electron chi connectivity index (χ1n) is 8.32. The quantitative estimate of drug-likeness (QED) is 0.223. The number of aromatic amines is 1. The number of hydrogen-bond acceptors (Lipinski definition) is 2. The van der Waals surface area contributed by atoms with Crippen LogP contribution in [0.2, 0.25) is 0 Å². The summed E-state index contributed by atoms with van der Waals surface area (Å²) in [5, 5.41) is 0. The van der Waals surface area contributed by atoms with Gasteiger partial charge in [-0.25, -0.2) is 27.5 Å². The van der Waals surface area contributed by atoms with E-state index in [1.807, 2.05) is 0 Å². The van der Waals surface area contributed by atoms with E-state index >= 15 is 0 Å². The van der Waals surface area contributed by atoms with E-state index in [9.17, 15) is 17.6 Å². The van der Waals surface area contributed by atoms with Crippen molar-refractivity contribution in [2.75, 3.05) is 0 Å². The molecule has 0 aliphatic rings. The Bertz CT molecular complexity index is 961. The number of benzene rings is 2. The third kappa shape index (κ3) is 6.19. The molecule has 1 heterocycles. The van der Waals surface area contributed by atoms with Gasteiger partial charge >= 0.3 is 33.3 Å². The molecule has 3 aromatic rings. The van der Waals surface area contributed by atoms with Crippen molar-refractivity contribution in [3.63, 3.8) is 0 Å². The van der Waals surface area contributed by atoms with Crippen LogP contribution in [0, 0.1) is 23.3 Å². The molecule has 0 saturated carbocycles. The van der Waals surface area contributed by atoms with Gasteiger partial charge in [-0.2, -0.15) is 0 Å². The molecule has 0 bridgehead atoms. The SMILES string of the molecule is CC(=Nc1c(F)cccc1F)c1ccc(C(C)=Nc2c(F)cccc2F)[nH]1.[Cl][Fe][Cl]. The average molecular weight is 500 g/mol. The zero-order chi connectivity index (χ0) is 22.3. The molecule has 0 amide bonds. The van der Waals surface area contributed by atoms with Crippen LogP contribution in [0.25, 0.3) is 0 Å². The number of aliphatic imine (C=N–C) groups is 2. The third-order valence-electron chi connectivity index (χ3n) is 3.90. The van der Waals surface area contributed by atoms with Crippen molar-refractivity contribution in [1.29, 1.82) is 0 Å². The van der Waals surface area contributed by atoms with Crippen molar-refractivity contribution in [2.24, 2.45) is 9.98 Å². The summed E-state index contributed by atoms with van der Waals surface area (Å²) in [6, 6.07) is 10.3. The Morgan fingerprint density at radius 1 is 0.700 bits per heavy atom. The predicted octanol–water partition coefficient (Wildman–Crippen LogP) is 7.23. The average Bonchev–Trinajstić information content (AvgIpc) is 3.19. The Balaban J connectivity index is 0.00000101. The zero-order valence-electron chi connectivity index (χ0n) is 15.6. The standard InChI is InChI=1S/C20H15F4N3.2ClH.Fe/c1-11(25-19-13(21)5-3-6-14(19)22)17-9-10-18(27-17)12(2)26-20-15(23)7-4-8-16(20)24;;;/h3-10,27H,1-2H3;2*1H;/q;;;+2/p-2. The molecule has 10 heteroatoms. The second-order valence-electron chi connectivity index (χ2n) is 5.87. The first-order valence-corrected chi connectivity index (χ1v) is 11.4. The summed E-state index contributed by atoms with van der Waals surface area (Å²) in [5.41, 5.74) is 0.910. The van der Waals surface area contributed by atoms with E-state index in [0.29, 0.717) is 22.8 Å². The number of aromatic nitrogens is 1. The number of H-pyrrole nitrogens is 1. The molecule has 0 spiro atoms. The molecular formula is C20H15Cl2F4FeN3. The van der Waals surface area contributed by atoms with Crippen LogP contribution in [-0.4, -0.2) is 16.4 Å². The number of hydrogen-bond donors (Lipinski definition) is 1. The van der Waals surface area contributed by atoms with Gasteiger partial charge in [0.05, 0.1) is 22.8 Å². The van der Waals surface area contributed by atoms with Crippen LogP contribution in [0.1, 0.15) is 25.2 Å². The zero-order valence-corrected chi connectivity index (χ0v) is 18.3. The van der Waals surface area contributed by atoms with E-state index in [0.717, 1.165) is 24.3 Å². The van der Waals surface area contributed by atoms with Crippen LogP contribution in [0.3, 0.4) is 0 Å². The Morgan fingerprint density at radius 3 is 1.30 bits per heavy atom. The van der Waals surface area contributed by atoms with Crippen molar-refractivity contribution in [2.45, 2.75) is 13.8 Å². The van der Waals surface area contributed by atoms with Crippen molar-refractivity contribution >= 4 is 43.0 Å². The molecular weight excluding hydrogens is 485 g/mol. The Morgan fingerprint density at radius 2 is 1.00 bits per heavy atom. The van der Waals surface area contributed by atoms with Crippen LogP contribution >= 0.6 is 20.2 Å². The monoisotopic (exact) mass is 499 g/mol. The number of halogens is 6. The first-order chi connectivity index (χ1) is 14.3. The van der Waals surface area contributed by atoms with Crippen LogP contribution in [-0.2, 0) is 13.1 Å². The number of rotatable bonds is 4. The molecule has 0 atom stereocenters. The van der Waals surface area contributed by atoms with E-state index in [1.54, 1.807) is 26.0 Å². The van der Waals surface area contributed by atoms with E-state index in [1.165, 1.54) is 12.1 Å². The topological polar surface area (TPSA) is 40.5 Å². The van der Waals surface area contributed by atoms with Gasteiger partial charge in [0, 0.05) is 0 Å². The molecule has 1 aromatic heterocycles. The van der Waals surface area contributed by atoms with E-state index < -0.39 is 23.3 Å². The van der Waals surface area contributed by atoms with Crippen molar-refractivity contribution in [3.8, 4) is 0 Å². The van der Waals surface area contributed by atoms with E-state index in [4.69, 9.17) is 20.2 Å². The molecule has 0 unspecified atom stereocenters. The van der Waals surface area contributed by atoms with Crippen molar-refractivity contribution < 1.29 is 30.7 Å². The molecule has 3 nitrogen and oxygen atoms in total. The van der Waals surface area contributed by atoms with Gasteiger partial charge in [-0.15, -0.1) is 0 Å². The summed E-state index contributed by atoms with van der Waals surface area (Å²) in [6.07, 6.45) is 0. The second kappa shape index (κ2) is 11.3. The Hall–Kier alpha value is -2.12. The minimum absolute atomic E-state index is 0.194. The molecule has 0 fully saturated rings. The molecule has 0 saturated heterocycles. The van der Waals surface area contributed by atoms with Crippen LogP contribution in [0.4, 0.5) is 28.9 Å². The number of nitrogens with zero attached hydrogens (tertiary/aromatic N) is 2. The summed E-state index contributed by atoms with van der Waals surface area (Å²) in [6.45, 7) is 3.18.